The molecule has 1 aliphatic rings. The Bertz CT molecular complexity index is 477. The van der Waals surface area contributed by atoms with E-state index in [1.165, 1.54) is 18.5 Å². The van der Waals surface area contributed by atoms with Gasteiger partial charge >= 0.3 is 0 Å². The monoisotopic (exact) mass is 262 g/mol. The van der Waals surface area contributed by atoms with Crippen LogP contribution >= 0.6 is 11.3 Å². The highest BCUT2D eigenvalue weighted by Gasteiger charge is 2.16. The lowest BCUT2D eigenvalue weighted by Crippen LogP contribution is -2.35. The summed E-state index contributed by atoms with van der Waals surface area (Å²) in [6.45, 7) is 5.25. The maximum atomic E-state index is 4.19. The SMILES string of the molecule is c1c[nH]c(CNCCN2CCc3sccc3C2)n1. The first-order valence-electron chi connectivity index (χ1n) is 6.38. The molecule has 18 heavy (non-hydrogen) atoms. The molecule has 3 rings (SSSR count). The normalized spacial score (nSPS) is 15.8. The summed E-state index contributed by atoms with van der Waals surface area (Å²) in [7, 11) is 0. The van der Waals surface area contributed by atoms with Crippen molar-refractivity contribution in [3.05, 3.63) is 40.1 Å². The second-order valence-electron chi connectivity index (χ2n) is 4.61. The van der Waals surface area contributed by atoms with Crippen molar-refractivity contribution in [2.75, 3.05) is 19.6 Å². The van der Waals surface area contributed by atoms with Crippen molar-refractivity contribution in [2.45, 2.75) is 19.5 Å². The van der Waals surface area contributed by atoms with E-state index in [0.717, 1.165) is 32.0 Å². The topological polar surface area (TPSA) is 44.0 Å². The largest absolute Gasteiger partial charge is 0.348 e. The number of hydrogen-bond donors (Lipinski definition) is 2. The number of H-pyrrole nitrogens is 1. The lowest BCUT2D eigenvalue weighted by molar-refractivity contribution is 0.255. The van der Waals surface area contributed by atoms with Crippen LogP contribution in [0.1, 0.15) is 16.3 Å². The van der Waals surface area contributed by atoms with Crippen molar-refractivity contribution in [3.8, 4) is 0 Å². The molecule has 2 N–H and O–H groups in total. The summed E-state index contributed by atoms with van der Waals surface area (Å²) in [5.41, 5.74) is 1.53. The Labute approximate surface area is 111 Å². The molecule has 0 atom stereocenters. The molecule has 4 nitrogen and oxygen atoms in total. The van der Waals surface area contributed by atoms with Gasteiger partial charge in [-0.3, -0.25) is 4.90 Å². The summed E-state index contributed by atoms with van der Waals surface area (Å²) >= 11 is 1.90. The number of aromatic nitrogens is 2. The summed E-state index contributed by atoms with van der Waals surface area (Å²) in [6, 6.07) is 2.27. The summed E-state index contributed by atoms with van der Waals surface area (Å²) in [6.07, 6.45) is 4.87. The highest BCUT2D eigenvalue weighted by Crippen LogP contribution is 2.23. The van der Waals surface area contributed by atoms with Gasteiger partial charge in [-0.25, -0.2) is 4.98 Å². The van der Waals surface area contributed by atoms with Crippen LogP contribution in [0.3, 0.4) is 0 Å². The zero-order chi connectivity index (χ0) is 12.2. The van der Waals surface area contributed by atoms with Gasteiger partial charge in [0.25, 0.3) is 0 Å². The van der Waals surface area contributed by atoms with Crippen LogP contribution < -0.4 is 5.32 Å². The van der Waals surface area contributed by atoms with E-state index in [2.05, 4.69) is 31.6 Å². The minimum atomic E-state index is 0.824. The number of aromatic amines is 1. The number of nitrogens with one attached hydrogen (secondary N) is 2. The lowest BCUT2D eigenvalue weighted by atomic mass is 10.1. The molecule has 0 saturated carbocycles. The first kappa shape index (κ1) is 11.9. The van der Waals surface area contributed by atoms with Crippen LogP contribution in [-0.4, -0.2) is 34.5 Å². The second-order valence-corrected chi connectivity index (χ2v) is 5.61. The number of imidazole rings is 1. The van der Waals surface area contributed by atoms with Crippen molar-refractivity contribution in [2.24, 2.45) is 0 Å². The smallest absolute Gasteiger partial charge is 0.120 e. The van der Waals surface area contributed by atoms with Crippen molar-refractivity contribution < 1.29 is 0 Å². The molecule has 96 valence electrons. The first-order valence-corrected chi connectivity index (χ1v) is 7.26. The molecule has 1 aliphatic heterocycles. The van der Waals surface area contributed by atoms with Gasteiger partial charge in [-0.15, -0.1) is 11.3 Å². The van der Waals surface area contributed by atoms with E-state index in [1.54, 1.807) is 11.1 Å². The van der Waals surface area contributed by atoms with Crippen LogP contribution in [0.5, 0.6) is 0 Å². The average molecular weight is 262 g/mol. The molecule has 0 aromatic carbocycles. The van der Waals surface area contributed by atoms with E-state index in [4.69, 9.17) is 0 Å². The number of nitrogens with zero attached hydrogens (tertiary/aromatic N) is 2. The first-order chi connectivity index (χ1) is 8.92. The van der Waals surface area contributed by atoms with Gasteiger partial charge in [-0.05, 0) is 23.4 Å². The average Bonchev–Trinajstić information content (AvgIpc) is 3.05. The minimum Gasteiger partial charge on any atom is -0.348 e. The molecule has 0 spiro atoms. The molecule has 0 radical (unpaired) electrons. The molecule has 2 aromatic heterocycles. The quantitative estimate of drug-likeness (QED) is 0.805. The van der Waals surface area contributed by atoms with Gasteiger partial charge in [-0.2, -0.15) is 0 Å². The van der Waals surface area contributed by atoms with E-state index in [0.29, 0.717) is 0 Å². The standard InChI is InChI=1S/C13H18N4S/c1-6-17(10-11-2-8-18-12(1)11)7-5-14-9-13-15-3-4-16-13/h2-4,8,14H,1,5-7,9-10H2,(H,15,16). The third kappa shape index (κ3) is 2.80. The predicted octanol–water partition coefficient (Wildman–Crippen LogP) is 1.62. The Morgan fingerprint density at radius 3 is 3.39 bits per heavy atom. The molecule has 5 heteroatoms. The van der Waals surface area contributed by atoms with Crippen molar-refractivity contribution in [3.63, 3.8) is 0 Å². The second kappa shape index (κ2) is 5.65. The van der Waals surface area contributed by atoms with Gasteiger partial charge in [0.15, 0.2) is 0 Å². The maximum absolute atomic E-state index is 4.19. The Hall–Kier alpha value is -1.17. The van der Waals surface area contributed by atoms with E-state index < -0.39 is 0 Å². The molecule has 0 unspecified atom stereocenters. The third-order valence-corrected chi connectivity index (χ3v) is 4.36. The van der Waals surface area contributed by atoms with Gasteiger partial charge in [0, 0.05) is 43.4 Å². The molecule has 0 fully saturated rings. The molecular weight excluding hydrogens is 244 g/mol. The highest BCUT2D eigenvalue weighted by molar-refractivity contribution is 7.10. The van der Waals surface area contributed by atoms with E-state index >= 15 is 0 Å². The number of thiophene rings is 1. The summed E-state index contributed by atoms with van der Waals surface area (Å²) in [4.78, 5) is 11.4. The molecular formula is C13H18N4S. The van der Waals surface area contributed by atoms with Gasteiger partial charge in [0.1, 0.15) is 5.82 Å². The third-order valence-electron chi connectivity index (χ3n) is 3.34. The van der Waals surface area contributed by atoms with E-state index in [-0.39, 0.29) is 0 Å². The fraction of sp³-hybridized carbons (Fsp3) is 0.462. The van der Waals surface area contributed by atoms with Gasteiger partial charge in [0.2, 0.25) is 0 Å². The zero-order valence-corrected chi connectivity index (χ0v) is 11.2. The summed E-state index contributed by atoms with van der Waals surface area (Å²) < 4.78 is 0. The lowest BCUT2D eigenvalue weighted by Gasteiger charge is -2.26. The Morgan fingerprint density at radius 1 is 1.50 bits per heavy atom. The highest BCUT2D eigenvalue weighted by atomic mass is 32.1. The maximum Gasteiger partial charge on any atom is 0.120 e. The molecule has 0 saturated heterocycles. The molecule has 0 amide bonds. The number of hydrogen-bond acceptors (Lipinski definition) is 4. The van der Waals surface area contributed by atoms with Crippen LogP contribution in [0.15, 0.2) is 23.8 Å². The predicted molar refractivity (Wildman–Crippen MR) is 73.6 cm³/mol. The van der Waals surface area contributed by atoms with Crippen LogP contribution in [0.2, 0.25) is 0 Å². The number of fused-ring (bicyclic) bond motifs is 1. The zero-order valence-electron chi connectivity index (χ0n) is 10.4. The van der Waals surface area contributed by atoms with E-state index in [1.807, 2.05) is 17.5 Å². The van der Waals surface area contributed by atoms with Gasteiger partial charge < -0.3 is 10.3 Å². The van der Waals surface area contributed by atoms with Gasteiger partial charge in [0.05, 0.1) is 6.54 Å². The Balaban J connectivity index is 1.40. The van der Waals surface area contributed by atoms with Gasteiger partial charge in [-0.1, -0.05) is 0 Å². The fourth-order valence-corrected chi connectivity index (χ4v) is 3.23. The fourth-order valence-electron chi connectivity index (χ4n) is 2.34. The van der Waals surface area contributed by atoms with Crippen molar-refractivity contribution >= 4 is 11.3 Å². The van der Waals surface area contributed by atoms with Crippen molar-refractivity contribution in [1.29, 1.82) is 0 Å². The van der Waals surface area contributed by atoms with Crippen LogP contribution in [0, 0.1) is 0 Å². The molecule has 0 bridgehead atoms. The number of rotatable bonds is 5. The van der Waals surface area contributed by atoms with Crippen LogP contribution in [0.4, 0.5) is 0 Å². The summed E-state index contributed by atoms with van der Waals surface area (Å²) in [5, 5.41) is 5.63. The minimum absolute atomic E-state index is 0.824. The Kier molecular flexibility index (Phi) is 3.73. The van der Waals surface area contributed by atoms with Crippen molar-refractivity contribution in [1.82, 2.24) is 20.2 Å². The van der Waals surface area contributed by atoms with Crippen LogP contribution in [-0.2, 0) is 19.5 Å². The molecule has 2 aromatic rings. The Morgan fingerprint density at radius 2 is 2.50 bits per heavy atom. The van der Waals surface area contributed by atoms with Crippen LogP contribution in [0.25, 0.3) is 0 Å². The van der Waals surface area contributed by atoms with E-state index in [9.17, 15) is 0 Å². The molecule has 3 heterocycles. The summed E-state index contributed by atoms with van der Waals surface area (Å²) in [5.74, 6) is 1.01. The molecule has 0 aliphatic carbocycles.